The first kappa shape index (κ1) is 14.5. The summed E-state index contributed by atoms with van der Waals surface area (Å²) in [5.74, 6) is -0.336. The normalized spacial score (nSPS) is 16.4. The van der Waals surface area contributed by atoms with E-state index in [2.05, 4.69) is 5.32 Å². The molecule has 1 saturated heterocycles. The van der Waals surface area contributed by atoms with Gasteiger partial charge in [0.25, 0.3) is 5.91 Å². The van der Waals surface area contributed by atoms with Gasteiger partial charge in [-0.25, -0.2) is 8.42 Å². The van der Waals surface area contributed by atoms with Crippen molar-refractivity contribution in [2.45, 2.75) is 11.3 Å². The first-order chi connectivity index (χ1) is 9.38. The summed E-state index contributed by atoms with van der Waals surface area (Å²) < 4.78 is 23.0. The number of benzene rings is 1. The van der Waals surface area contributed by atoms with Crippen LogP contribution in [0.4, 0.5) is 0 Å². The van der Waals surface area contributed by atoms with E-state index in [1.165, 1.54) is 12.1 Å². The molecular formula is C13H16N2O4S. The van der Waals surface area contributed by atoms with E-state index in [1.807, 2.05) is 0 Å². The van der Waals surface area contributed by atoms with Gasteiger partial charge in [-0.15, -0.1) is 0 Å². The summed E-state index contributed by atoms with van der Waals surface area (Å²) in [7, 11) is -3.34. The van der Waals surface area contributed by atoms with Crippen molar-refractivity contribution in [2.75, 3.05) is 25.9 Å². The number of amides is 2. The molecule has 0 saturated carbocycles. The van der Waals surface area contributed by atoms with E-state index in [4.69, 9.17) is 0 Å². The molecule has 1 heterocycles. The third kappa shape index (κ3) is 3.36. The van der Waals surface area contributed by atoms with Crippen LogP contribution in [0.25, 0.3) is 0 Å². The van der Waals surface area contributed by atoms with Crippen molar-refractivity contribution in [1.82, 2.24) is 10.2 Å². The van der Waals surface area contributed by atoms with Crippen LogP contribution in [0, 0.1) is 0 Å². The summed E-state index contributed by atoms with van der Waals surface area (Å²) in [4.78, 5) is 25.2. The molecule has 0 atom stereocenters. The molecular weight excluding hydrogens is 280 g/mol. The minimum atomic E-state index is -3.34. The second-order valence-electron chi connectivity index (χ2n) is 4.69. The lowest BCUT2D eigenvalue weighted by molar-refractivity contribution is -0.120. The lowest BCUT2D eigenvalue weighted by atomic mass is 10.2. The van der Waals surface area contributed by atoms with Crippen LogP contribution in [0.3, 0.4) is 0 Å². The molecule has 1 aromatic carbocycles. The molecule has 0 unspecified atom stereocenters. The summed E-state index contributed by atoms with van der Waals surface area (Å²) in [5, 5.41) is 2.69. The van der Waals surface area contributed by atoms with Crippen molar-refractivity contribution in [3.63, 3.8) is 0 Å². The number of sulfone groups is 1. The fourth-order valence-corrected chi connectivity index (χ4v) is 2.68. The minimum Gasteiger partial charge on any atom is -0.354 e. The van der Waals surface area contributed by atoms with Crippen molar-refractivity contribution in [1.29, 1.82) is 0 Å². The fraction of sp³-hybridized carbons (Fsp3) is 0.385. The molecule has 1 aromatic rings. The Morgan fingerprint density at radius 1 is 1.30 bits per heavy atom. The van der Waals surface area contributed by atoms with E-state index in [0.717, 1.165) is 6.26 Å². The van der Waals surface area contributed by atoms with Crippen molar-refractivity contribution in [3.8, 4) is 0 Å². The largest absolute Gasteiger partial charge is 0.354 e. The predicted octanol–water partition coefficient (Wildman–Crippen LogP) is 0.0522. The molecule has 0 aliphatic carbocycles. The number of carbonyl (C=O) groups is 2. The van der Waals surface area contributed by atoms with Gasteiger partial charge >= 0.3 is 0 Å². The van der Waals surface area contributed by atoms with Gasteiger partial charge in [0.1, 0.15) is 0 Å². The molecule has 1 fully saturated rings. The van der Waals surface area contributed by atoms with E-state index < -0.39 is 9.84 Å². The zero-order valence-corrected chi connectivity index (χ0v) is 11.9. The molecule has 0 aromatic heterocycles. The Morgan fingerprint density at radius 3 is 2.75 bits per heavy atom. The second-order valence-corrected chi connectivity index (χ2v) is 6.71. The topological polar surface area (TPSA) is 83.6 Å². The number of hydrogen-bond donors (Lipinski definition) is 1. The molecule has 108 valence electrons. The summed E-state index contributed by atoms with van der Waals surface area (Å²) in [6, 6.07) is 5.96. The van der Waals surface area contributed by atoms with E-state index in [9.17, 15) is 18.0 Å². The first-order valence-corrected chi connectivity index (χ1v) is 8.13. The molecule has 0 bridgehead atoms. The van der Waals surface area contributed by atoms with E-state index in [1.54, 1.807) is 17.0 Å². The van der Waals surface area contributed by atoms with Gasteiger partial charge in [0.05, 0.1) is 4.90 Å². The Bertz CT molecular complexity index is 640. The van der Waals surface area contributed by atoms with Crippen LogP contribution < -0.4 is 5.32 Å². The smallest absolute Gasteiger partial charge is 0.253 e. The lowest BCUT2D eigenvalue weighted by Crippen LogP contribution is -2.34. The average molecular weight is 296 g/mol. The molecule has 7 heteroatoms. The Morgan fingerprint density at radius 2 is 2.05 bits per heavy atom. The van der Waals surface area contributed by atoms with E-state index in [-0.39, 0.29) is 23.1 Å². The van der Waals surface area contributed by atoms with Gasteiger partial charge in [-0.2, -0.15) is 0 Å². The third-order valence-corrected chi connectivity index (χ3v) is 4.22. The Hall–Kier alpha value is -1.89. The van der Waals surface area contributed by atoms with Gasteiger partial charge < -0.3 is 10.2 Å². The lowest BCUT2D eigenvalue weighted by Gasteiger charge is -2.19. The van der Waals surface area contributed by atoms with Gasteiger partial charge in [0.15, 0.2) is 9.84 Å². The second kappa shape index (κ2) is 5.62. The summed E-state index contributed by atoms with van der Waals surface area (Å²) in [5.41, 5.74) is 0.322. The van der Waals surface area contributed by atoms with Crippen LogP contribution in [0.2, 0.25) is 0 Å². The van der Waals surface area contributed by atoms with Crippen molar-refractivity contribution < 1.29 is 18.0 Å². The molecule has 1 aliphatic rings. The molecule has 0 radical (unpaired) electrons. The average Bonchev–Trinajstić information content (AvgIpc) is 2.62. The van der Waals surface area contributed by atoms with Crippen molar-refractivity contribution in [2.24, 2.45) is 0 Å². The molecule has 1 N–H and O–H groups in total. The Labute approximate surface area is 117 Å². The van der Waals surface area contributed by atoms with Crippen LogP contribution in [0.5, 0.6) is 0 Å². The highest BCUT2D eigenvalue weighted by atomic mass is 32.2. The number of nitrogens with one attached hydrogen (secondary N) is 1. The Kier molecular flexibility index (Phi) is 4.08. The molecule has 2 amide bonds. The number of carbonyl (C=O) groups excluding carboxylic acids is 2. The molecule has 0 spiro atoms. The zero-order valence-electron chi connectivity index (χ0n) is 11.1. The maximum atomic E-state index is 12.3. The summed E-state index contributed by atoms with van der Waals surface area (Å²) in [6.07, 6.45) is 1.36. The Balaban J connectivity index is 2.23. The van der Waals surface area contributed by atoms with E-state index >= 15 is 0 Å². The van der Waals surface area contributed by atoms with E-state index in [0.29, 0.717) is 25.2 Å². The number of nitrogens with zero attached hydrogens (tertiary/aromatic N) is 1. The molecule has 6 nitrogen and oxygen atoms in total. The highest BCUT2D eigenvalue weighted by Gasteiger charge is 2.20. The predicted molar refractivity (Wildman–Crippen MR) is 73.1 cm³/mol. The SMILES string of the molecule is CS(=O)(=O)c1cccc(C(=O)N2CCNC(=O)CC2)c1. The summed E-state index contributed by atoms with van der Waals surface area (Å²) >= 11 is 0. The maximum absolute atomic E-state index is 12.3. The third-order valence-electron chi connectivity index (χ3n) is 3.11. The zero-order chi connectivity index (χ0) is 14.8. The first-order valence-electron chi connectivity index (χ1n) is 6.24. The van der Waals surface area contributed by atoms with Crippen LogP contribution in [0.1, 0.15) is 16.8 Å². The van der Waals surface area contributed by atoms with Crippen LogP contribution >= 0.6 is 0 Å². The monoisotopic (exact) mass is 296 g/mol. The quantitative estimate of drug-likeness (QED) is 0.836. The van der Waals surface area contributed by atoms with Crippen molar-refractivity contribution >= 4 is 21.7 Å². The minimum absolute atomic E-state index is 0.0785. The standard InChI is InChI=1S/C13H16N2O4S/c1-20(18,19)11-4-2-3-10(9-11)13(17)15-7-5-12(16)14-6-8-15/h2-4,9H,5-8H2,1H3,(H,14,16). The summed E-state index contributed by atoms with van der Waals surface area (Å²) in [6.45, 7) is 1.18. The number of hydrogen-bond acceptors (Lipinski definition) is 4. The fourth-order valence-electron chi connectivity index (χ4n) is 2.01. The van der Waals surface area contributed by atoms with Gasteiger partial charge in [0, 0.05) is 37.9 Å². The highest BCUT2D eigenvalue weighted by Crippen LogP contribution is 2.14. The van der Waals surface area contributed by atoms with Crippen molar-refractivity contribution in [3.05, 3.63) is 29.8 Å². The van der Waals surface area contributed by atoms with Gasteiger partial charge in [-0.3, -0.25) is 9.59 Å². The van der Waals surface area contributed by atoms with Crippen LogP contribution in [0.15, 0.2) is 29.2 Å². The van der Waals surface area contributed by atoms with Crippen LogP contribution in [-0.2, 0) is 14.6 Å². The van der Waals surface area contributed by atoms with Crippen LogP contribution in [-0.4, -0.2) is 51.0 Å². The molecule has 2 rings (SSSR count). The molecule has 20 heavy (non-hydrogen) atoms. The number of rotatable bonds is 2. The van der Waals surface area contributed by atoms with Gasteiger partial charge in [0.2, 0.25) is 5.91 Å². The molecule has 1 aliphatic heterocycles. The van der Waals surface area contributed by atoms with Gasteiger partial charge in [-0.05, 0) is 18.2 Å². The van der Waals surface area contributed by atoms with Gasteiger partial charge in [-0.1, -0.05) is 6.07 Å². The maximum Gasteiger partial charge on any atom is 0.253 e. The highest BCUT2D eigenvalue weighted by molar-refractivity contribution is 7.90.